The number of rotatable bonds is 6. The predicted molar refractivity (Wildman–Crippen MR) is 54.4 cm³/mol. The molecule has 0 unspecified atom stereocenters. The van der Waals surface area contributed by atoms with Crippen LogP contribution in [0.5, 0.6) is 0 Å². The zero-order valence-electron chi connectivity index (χ0n) is 8.79. The molecule has 3 nitrogen and oxygen atoms in total. The molecule has 0 aliphatic heterocycles. The van der Waals surface area contributed by atoms with Crippen molar-refractivity contribution in [3.8, 4) is 6.07 Å². The highest BCUT2D eigenvalue weighted by Crippen LogP contribution is 1.99. The van der Waals surface area contributed by atoms with Gasteiger partial charge in [0.1, 0.15) is 12.4 Å². The Hall–Kier alpha value is -1.30. The van der Waals surface area contributed by atoms with E-state index in [9.17, 15) is 0 Å². The maximum Gasteiger partial charge on any atom is 0.253 e. The van der Waals surface area contributed by atoms with Crippen molar-refractivity contribution >= 4 is 0 Å². The number of hydrogen-bond donors (Lipinski definition) is 1. The van der Waals surface area contributed by atoms with E-state index in [1.807, 2.05) is 6.20 Å². The van der Waals surface area contributed by atoms with Crippen LogP contribution in [0.25, 0.3) is 0 Å². The summed E-state index contributed by atoms with van der Waals surface area (Å²) >= 11 is 0. The third-order valence-corrected chi connectivity index (χ3v) is 2.37. The number of aromatic amines is 1. The van der Waals surface area contributed by atoms with Gasteiger partial charge in [-0.05, 0) is 19.3 Å². The number of nitriles is 1. The summed E-state index contributed by atoms with van der Waals surface area (Å²) < 4.78 is 2.26. The van der Waals surface area contributed by atoms with Crippen molar-refractivity contribution in [1.29, 1.82) is 5.26 Å². The largest absolute Gasteiger partial charge is 0.253 e. The van der Waals surface area contributed by atoms with Gasteiger partial charge in [-0.15, -0.1) is 0 Å². The van der Waals surface area contributed by atoms with Gasteiger partial charge in [0.05, 0.1) is 12.6 Å². The zero-order chi connectivity index (χ0) is 10.2. The SMILES string of the molecule is CCc1[nH]cc[n+]1CCCCCC#N. The smallest absolute Gasteiger partial charge is 0.248 e. The van der Waals surface area contributed by atoms with Gasteiger partial charge in [0, 0.05) is 12.8 Å². The molecule has 0 saturated carbocycles. The summed E-state index contributed by atoms with van der Waals surface area (Å²) in [6, 6.07) is 2.17. The van der Waals surface area contributed by atoms with Crippen LogP contribution in [0.4, 0.5) is 0 Å². The van der Waals surface area contributed by atoms with Gasteiger partial charge >= 0.3 is 0 Å². The summed E-state index contributed by atoms with van der Waals surface area (Å²) in [4.78, 5) is 3.22. The average Bonchev–Trinajstić information content (AvgIpc) is 2.65. The van der Waals surface area contributed by atoms with E-state index >= 15 is 0 Å². The van der Waals surface area contributed by atoms with Crippen molar-refractivity contribution in [2.75, 3.05) is 0 Å². The van der Waals surface area contributed by atoms with Gasteiger partial charge in [-0.2, -0.15) is 5.26 Å². The second kappa shape index (κ2) is 6.20. The quantitative estimate of drug-likeness (QED) is 0.543. The van der Waals surface area contributed by atoms with E-state index < -0.39 is 0 Å². The number of imidazole rings is 1. The Balaban J connectivity index is 2.21. The summed E-state index contributed by atoms with van der Waals surface area (Å²) in [6.07, 6.45) is 9.15. The number of aryl methyl sites for hydroxylation is 2. The van der Waals surface area contributed by atoms with Crippen molar-refractivity contribution in [3.63, 3.8) is 0 Å². The lowest BCUT2D eigenvalue weighted by atomic mass is 10.2. The highest BCUT2D eigenvalue weighted by molar-refractivity contribution is 4.75. The molecule has 1 N–H and O–H groups in total. The molecule has 1 rings (SSSR count). The van der Waals surface area contributed by atoms with E-state index in [4.69, 9.17) is 5.26 Å². The van der Waals surface area contributed by atoms with E-state index in [2.05, 4.69) is 28.7 Å². The van der Waals surface area contributed by atoms with Crippen LogP contribution < -0.4 is 4.57 Å². The molecule has 0 aliphatic rings. The number of nitrogens with zero attached hydrogens (tertiary/aromatic N) is 2. The van der Waals surface area contributed by atoms with E-state index in [0.717, 1.165) is 32.2 Å². The zero-order valence-corrected chi connectivity index (χ0v) is 8.79. The molecule has 14 heavy (non-hydrogen) atoms. The first kappa shape index (κ1) is 10.8. The molecular formula is C11H18N3+. The van der Waals surface area contributed by atoms with Crippen molar-refractivity contribution in [3.05, 3.63) is 18.2 Å². The highest BCUT2D eigenvalue weighted by Gasteiger charge is 2.06. The average molecular weight is 192 g/mol. The molecule has 3 heteroatoms. The van der Waals surface area contributed by atoms with E-state index in [-0.39, 0.29) is 0 Å². The summed E-state index contributed by atoms with van der Waals surface area (Å²) in [5.74, 6) is 1.28. The minimum Gasteiger partial charge on any atom is -0.248 e. The topological polar surface area (TPSA) is 43.5 Å². The molecule has 0 aliphatic carbocycles. The lowest BCUT2D eigenvalue weighted by Gasteiger charge is -1.98. The molecule has 0 saturated heterocycles. The molecule has 1 aromatic rings. The number of unbranched alkanes of at least 4 members (excludes halogenated alkanes) is 3. The summed E-state index contributed by atoms with van der Waals surface area (Å²) in [5.41, 5.74) is 0. The third-order valence-electron chi connectivity index (χ3n) is 2.37. The second-order valence-electron chi connectivity index (χ2n) is 3.42. The lowest BCUT2D eigenvalue weighted by Crippen LogP contribution is -2.35. The number of nitrogens with one attached hydrogen (secondary N) is 1. The molecule has 0 bridgehead atoms. The minimum absolute atomic E-state index is 0.693. The fourth-order valence-corrected chi connectivity index (χ4v) is 1.57. The first-order valence-electron chi connectivity index (χ1n) is 5.31. The molecule has 76 valence electrons. The van der Waals surface area contributed by atoms with E-state index in [1.165, 1.54) is 5.82 Å². The first-order valence-corrected chi connectivity index (χ1v) is 5.31. The Morgan fingerprint density at radius 1 is 1.43 bits per heavy atom. The van der Waals surface area contributed by atoms with Crippen molar-refractivity contribution in [2.24, 2.45) is 0 Å². The molecule has 0 atom stereocenters. The van der Waals surface area contributed by atoms with E-state index in [0.29, 0.717) is 6.42 Å². The fourth-order valence-electron chi connectivity index (χ4n) is 1.57. The van der Waals surface area contributed by atoms with Crippen LogP contribution in [0.2, 0.25) is 0 Å². The predicted octanol–water partition coefficient (Wildman–Crippen LogP) is 1.95. The van der Waals surface area contributed by atoms with Gasteiger partial charge < -0.3 is 0 Å². The highest BCUT2D eigenvalue weighted by atomic mass is 15.1. The Morgan fingerprint density at radius 2 is 2.29 bits per heavy atom. The van der Waals surface area contributed by atoms with Crippen molar-refractivity contribution in [2.45, 2.75) is 45.6 Å². The van der Waals surface area contributed by atoms with Crippen LogP contribution in [0.1, 0.15) is 38.4 Å². The maximum absolute atomic E-state index is 8.37. The Morgan fingerprint density at radius 3 is 3.00 bits per heavy atom. The fraction of sp³-hybridized carbons (Fsp3) is 0.636. The molecular weight excluding hydrogens is 174 g/mol. The van der Waals surface area contributed by atoms with Gasteiger partial charge in [0.25, 0.3) is 5.82 Å². The number of hydrogen-bond acceptors (Lipinski definition) is 1. The Bertz CT molecular complexity index is 296. The lowest BCUT2D eigenvalue weighted by molar-refractivity contribution is -0.703. The molecule has 1 heterocycles. The third kappa shape index (κ3) is 3.21. The van der Waals surface area contributed by atoms with Crippen LogP contribution in [0.3, 0.4) is 0 Å². The molecule has 0 radical (unpaired) electrons. The summed E-state index contributed by atoms with van der Waals surface area (Å²) in [7, 11) is 0. The number of H-pyrrole nitrogens is 1. The van der Waals surface area contributed by atoms with Crippen molar-refractivity contribution < 1.29 is 4.57 Å². The van der Waals surface area contributed by atoms with Gasteiger partial charge in [-0.3, -0.25) is 0 Å². The Labute approximate surface area is 85.4 Å². The molecule has 0 spiro atoms. The summed E-state index contributed by atoms with van der Waals surface area (Å²) in [6.45, 7) is 3.22. The van der Waals surface area contributed by atoms with Gasteiger partial charge in [-0.1, -0.05) is 6.92 Å². The summed E-state index contributed by atoms with van der Waals surface area (Å²) in [5, 5.41) is 8.37. The number of aromatic nitrogens is 2. The van der Waals surface area contributed by atoms with Crippen LogP contribution in [0.15, 0.2) is 12.4 Å². The molecule has 1 aromatic heterocycles. The normalized spacial score (nSPS) is 10.0. The van der Waals surface area contributed by atoms with Gasteiger partial charge in [0.2, 0.25) is 0 Å². The minimum atomic E-state index is 0.693. The maximum atomic E-state index is 8.37. The van der Waals surface area contributed by atoms with Crippen LogP contribution in [-0.2, 0) is 13.0 Å². The van der Waals surface area contributed by atoms with E-state index in [1.54, 1.807) is 0 Å². The monoisotopic (exact) mass is 192 g/mol. The Kier molecular flexibility index (Phi) is 4.77. The molecule has 0 amide bonds. The molecule has 0 fully saturated rings. The van der Waals surface area contributed by atoms with Crippen LogP contribution >= 0.6 is 0 Å². The van der Waals surface area contributed by atoms with Gasteiger partial charge in [0.15, 0.2) is 0 Å². The second-order valence-corrected chi connectivity index (χ2v) is 3.42. The van der Waals surface area contributed by atoms with Crippen LogP contribution in [0, 0.1) is 11.3 Å². The first-order chi connectivity index (χ1) is 6.88. The standard InChI is InChI=1S/C11H17N3/c1-2-11-13-8-10-14(11)9-6-4-3-5-7-12/h8,10H,2-6,9H2,1H3/p+1. The van der Waals surface area contributed by atoms with Crippen molar-refractivity contribution in [1.82, 2.24) is 4.98 Å². The van der Waals surface area contributed by atoms with Crippen LogP contribution in [-0.4, -0.2) is 4.98 Å². The molecule has 0 aromatic carbocycles. The van der Waals surface area contributed by atoms with Gasteiger partial charge in [-0.25, -0.2) is 9.55 Å².